The highest BCUT2D eigenvalue weighted by Gasteiger charge is 2.66. The van der Waals surface area contributed by atoms with Crippen LogP contribution in [0.3, 0.4) is 0 Å². The molecule has 3 nitrogen and oxygen atoms in total. The maximum absolute atomic E-state index is 10.2. The zero-order valence-electron chi connectivity index (χ0n) is 17.7. The summed E-state index contributed by atoms with van der Waals surface area (Å²) in [5, 5.41) is 10.2. The minimum absolute atomic E-state index is 0.126. The van der Waals surface area contributed by atoms with Crippen molar-refractivity contribution in [2.24, 2.45) is 34.5 Å². The Morgan fingerprint density at radius 2 is 1.89 bits per heavy atom. The van der Waals surface area contributed by atoms with E-state index in [4.69, 9.17) is 9.47 Å². The maximum Gasteiger partial charge on any atom is 0.171 e. The Morgan fingerprint density at radius 3 is 2.63 bits per heavy atom. The first-order chi connectivity index (χ1) is 12.8. The second-order valence-electron chi connectivity index (χ2n) is 11.1. The van der Waals surface area contributed by atoms with Crippen molar-refractivity contribution in [2.45, 2.75) is 97.1 Å². The largest absolute Gasteiger partial charge is 0.393 e. The standard InChI is InChI=1S/C24H38O3/c1-15-7-12-24(26-14-15)16(2)22(3)11-9-20-19(21(22)27-24)6-5-17-13-18(25)8-10-23(17,20)4/h5,15-16,18-21,25H,6-14H2,1-4H3/t15-,16+,18+,19+,20-,21+,22+,23+,24-/m1/s1. The molecule has 1 N–H and O–H groups in total. The molecule has 2 saturated carbocycles. The van der Waals surface area contributed by atoms with Crippen LogP contribution in [-0.4, -0.2) is 29.7 Å². The van der Waals surface area contributed by atoms with Crippen molar-refractivity contribution in [1.82, 2.24) is 0 Å². The number of hydrogen-bond donors (Lipinski definition) is 1. The van der Waals surface area contributed by atoms with Crippen LogP contribution >= 0.6 is 0 Å². The molecule has 0 radical (unpaired) electrons. The van der Waals surface area contributed by atoms with Crippen LogP contribution in [0.2, 0.25) is 0 Å². The zero-order valence-corrected chi connectivity index (χ0v) is 17.7. The van der Waals surface area contributed by atoms with Gasteiger partial charge < -0.3 is 14.6 Å². The number of allylic oxidation sites excluding steroid dienone is 1. The maximum atomic E-state index is 10.2. The summed E-state index contributed by atoms with van der Waals surface area (Å²) >= 11 is 0. The molecule has 4 fully saturated rings. The van der Waals surface area contributed by atoms with Gasteiger partial charge in [-0.3, -0.25) is 0 Å². The molecule has 3 aliphatic carbocycles. The number of rotatable bonds is 0. The van der Waals surface area contributed by atoms with Crippen molar-refractivity contribution in [1.29, 1.82) is 0 Å². The van der Waals surface area contributed by atoms with Crippen LogP contribution in [0.15, 0.2) is 11.6 Å². The van der Waals surface area contributed by atoms with Crippen molar-refractivity contribution in [3.05, 3.63) is 11.6 Å². The monoisotopic (exact) mass is 374 g/mol. The second kappa shape index (κ2) is 6.06. The van der Waals surface area contributed by atoms with Gasteiger partial charge in [-0.1, -0.05) is 39.3 Å². The highest BCUT2D eigenvalue weighted by molar-refractivity contribution is 5.26. The second-order valence-corrected chi connectivity index (χ2v) is 11.1. The molecule has 0 aromatic rings. The average molecular weight is 375 g/mol. The minimum Gasteiger partial charge on any atom is -0.393 e. The first-order valence-corrected chi connectivity index (χ1v) is 11.5. The normalized spacial score (nSPS) is 57.6. The Kier molecular flexibility index (Phi) is 4.18. The number of fused-ring (bicyclic) bond motifs is 5. The van der Waals surface area contributed by atoms with Gasteiger partial charge in [0.05, 0.1) is 18.8 Å². The molecule has 1 spiro atoms. The SMILES string of the molecule is C[C@@H]1CC[C@@]2(OC1)O[C@H]1[C@H]3CC=C4C[C@@H](O)CC[C@]4(C)[C@@H]3CC[C@@]1(C)[C@@H]2C. The lowest BCUT2D eigenvalue weighted by Crippen LogP contribution is -2.52. The predicted octanol–water partition coefficient (Wildman–Crippen LogP) is 5.08. The van der Waals surface area contributed by atoms with E-state index in [0.29, 0.717) is 29.8 Å². The predicted molar refractivity (Wildman–Crippen MR) is 106 cm³/mol. The van der Waals surface area contributed by atoms with Gasteiger partial charge >= 0.3 is 0 Å². The molecule has 5 aliphatic rings. The van der Waals surface area contributed by atoms with E-state index in [1.807, 2.05) is 0 Å². The molecule has 2 heterocycles. The average Bonchev–Trinajstić information content (AvgIpc) is 2.87. The van der Waals surface area contributed by atoms with E-state index in [0.717, 1.165) is 38.7 Å². The molecule has 0 aromatic heterocycles. The van der Waals surface area contributed by atoms with Gasteiger partial charge in [-0.05, 0) is 68.1 Å². The van der Waals surface area contributed by atoms with Crippen molar-refractivity contribution in [3.63, 3.8) is 0 Å². The van der Waals surface area contributed by atoms with E-state index in [9.17, 15) is 5.11 Å². The third-order valence-corrected chi connectivity index (χ3v) is 9.76. The van der Waals surface area contributed by atoms with Crippen LogP contribution in [-0.2, 0) is 9.47 Å². The van der Waals surface area contributed by atoms with Crippen LogP contribution < -0.4 is 0 Å². The van der Waals surface area contributed by atoms with Crippen LogP contribution in [0.25, 0.3) is 0 Å². The van der Waals surface area contributed by atoms with E-state index in [1.54, 1.807) is 0 Å². The molecule has 27 heavy (non-hydrogen) atoms. The van der Waals surface area contributed by atoms with Crippen LogP contribution in [0, 0.1) is 34.5 Å². The van der Waals surface area contributed by atoms with Gasteiger partial charge in [0.15, 0.2) is 5.79 Å². The van der Waals surface area contributed by atoms with Gasteiger partial charge in [0.2, 0.25) is 0 Å². The van der Waals surface area contributed by atoms with E-state index < -0.39 is 0 Å². The summed E-state index contributed by atoms with van der Waals surface area (Å²) in [6, 6.07) is 0. The Morgan fingerprint density at radius 1 is 1.07 bits per heavy atom. The molecular weight excluding hydrogens is 336 g/mol. The van der Waals surface area contributed by atoms with Crippen molar-refractivity contribution < 1.29 is 14.6 Å². The zero-order chi connectivity index (χ0) is 19.0. The molecule has 0 bridgehead atoms. The van der Waals surface area contributed by atoms with Gasteiger partial charge in [-0.25, -0.2) is 0 Å². The molecule has 2 saturated heterocycles. The highest BCUT2D eigenvalue weighted by Crippen LogP contribution is 2.66. The van der Waals surface area contributed by atoms with Crippen LogP contribution in [0.1, 0.15) is 79.1 Å². The van der Waals surface area contributed by atoms with Crippen molar-refractivity contribution >= 4 is 0 Å². The van der Waals surface area contributed by atoms with Crippen molar-refractivity contribution in [3.8, 4) is 0 Å². The lowest BCUT2D eigenvalue weighted by atomic mass is 9.48. The molecule has 0 unspecified atom stereocenters. The Labute approximate surface area is 164 Å². The van der Waals surface area contributed by atoms with E-state index in [-0.39, 0.29) is 22.7 Å². The highest BCUT2D eigenvalue weighted by atomic mass is 16.7. The molecule has 9 atom stereocenters. The minimum atomic E-state index is -0.339. The van der Waals surface area contributed by atoms with Gasteiger partial charge in [0.25, 0.3) is 0 Å². The summed E-state index contributed by atoms with van der Waals surface area (Å²) < 4.78 is 13.4. The lowest BCUT2D eigenvalue weighted by Gasteiger charge is -2.56. The molecule has 0 aromatic carbocycles. The number of hydrogen-bond acceptors (Lipinski definition) is 3. The van der Waals surface area contributed by atoms with Gasteiger partial charge in [-0.15, -0.1) is 0 Å². The molecule has 5 rings (SSSR count). The molecule has 2 aliphatic heterocycles. The Balaban J connectivity index is 1.46. The summed E-state index contributed by atoms with van der Waals surface area (Å²) in [5.74, 6) is 2.09. The van der Waals surface area contributed by atoms with Crippen molar-refractivity contribution in [2.75, 3.05) is 6.61 Å². The third kappa shape index (κ3) is 2.50. The van der Waals surface area contributed by atoms with E-state index in [1.165, 1.54) is 24.8 Å². The quantitative estimate of drug-likeness (QED) is 0.601. The summed E-state index contributed by atoms with van der Waals surface area (Å²) in [6.07, 6.45) is 11.6. The Hall–Kier alpha value is -0.380. The summed E-state index contributed by atoms with van der Waals surface area (Å²) in [5.41, 5.74) is 2.04. The number of aliphatic hydroxyl groups excluding tert-OH is 1. The molecule has 152 valence electrons. The fraction of sp³-hybridized carbons (Fsp3) is 0.917. The first-order valence-electron chi connectivity index (χ1n) is 11.5. The van der Waals surface area contributed by atoms with E-state index in [2.05, 4.69) is 33.8 Å². The van der Waals surface area contributed by atoms with Gasteiger partial charge in [0, 0.05) is 17.8 Å². The fourth-order valence-electron chi connectivity index (χ4n) is 7.66. The van der Waals surface area contributed by atoms with Crippen LogP contribution in [0.4, 0.5) is 0 Å². The summed E-state index contributed by atoms with van der Waals surface area (Å²) in [6.45, 7) is 10.5. The summed E-state index contributed by atoms with van der Waals surface area (Å²) in [7, 11) is 0. The molecular formula is C24H38O3. The lowest BCUT2D eigenvalue weighted by molar-refractivity contribution is -0.276. The van der Waals surface area contributed by atoms with Gasteiger partial charge in [0.1, 0.15) is 0 Å². The number of aliphatic hydroxyl groups is 1. The smallest absolute Gasteiger partial charge is 0.171 e. The van der Waals surface area contributed by atoms with Gasteiger partial charge in [-0.2, -0.15) is 0 Å². The fourth-order valence-corrected chi connectivity index (χ4v) is 7.66. The molecule has 3 heteroatoms. The number of ether oxygens (including phenoxy) is 2. The first kappa shape index (κ1) is 18.6. The Bertz CT molecular complexity index is 634. The van der Waals surface area contributed by atoms with Crippen LogP contribution in [0.5, 0.6) is 0 Å². The summed E-state index contributed by atoms with van der Waals surface area (Å²) in [4.78, 5) is 0. The van der Waals surface area contributed by atoms with E-state index >= 15 is 0 Å². The topological polar surface area (TPSA) is 38.7 Å². The third-order valence-electron chi connectivity index (χ3n) is 9.76. The molecule has 0 amide bonds.